The number of hydrogen-bond donors (Lipinski definition) is 3. The van der Waals surface area contributed by atoms with Crippen molar-refractivity contribution in [3.05, 3.63) is 0 Å². The molecule has 0 aromatic heterocycles. The quantitative estimate of drug-likeness (QED) is 0.475. The molecule has 4 atom stereocenters. The van der Waals surface area contributed by atoms with Crippen LogP contribution in [0.2, 0.25) is 0 Å². The molecule has 8 heteroatoms. The van der Waals surface area contributed by atoms with Gasteiger partial charge in [0.05, 0.1) is 18.6 Å². The lowest BCUT2D eigenvalue weighted by Gasteiger charge is -2.35. The highest BCUT2D eigenvalue weighted by Crippen LogP contribution is 2.29. The summed E-state index contributed by atoms with van der Waals surface area (Å²) >= 11 is 0. The number of nitrogens with one attached hydrogen (secondary N) is 2. The minimum Gasteiger partial charge on any atom is -0.457 e. The van der Waals surface area contributed by atoms with E-state index in [1.54, 1.807) is 48.7 Å². The van der Waals surface area contributed by atoms with Crippen LogP contribution in [0.25, 0.3) is 0 Å². The van der Waals surface area contributed by atoms with E-state index in [4.69, 9.17) is 9.47 Å². The standard InChI is InChI=1S/C18H34N2O6/c1-11(21)9-18(10-14(22)12(2)19-7,16(24)26-17(4,5)6)25-15(23)13(3)20-8/h11-13,19-21H,9-10H2,1-8H3/t11?,12-,13-,18?/m0/s1. The first-order valence-corrected chi connectivity index (χ1v) is 8.79. The van der Waals surface area contributed by atoms with E-state index in [-0.39, 0.29) is 12.2 Å². The van der Waals surface area contributed by atoms with E-state index in [9.17, 15) is 19.5 Å². The molecule has 0 bridgehead atoms. The van der Waals surface area contributed by atoms with Crippen molar-refractivity contribution in [1.29, 1.82) is 0 Å². The summed E-state index contributed by atoms with van der Waals surface area (Å²) in [5, 5.41) is 15.4. The second kappa shape index (κ2) is 9.99. The van der Waals surface area contributed by atoms with Crippen LogP contribution in [0, 0.1) is 0 Å². The third kappa shape index (κ3) is 7.80. The summed E-state index contributed by atoms with van der Waals surface area (Å²) in [5.41, 5.74) is -2.74. The summed E-state index contributed by atoms with van der Waals surface area (Å²) in [7, 11) is 3.19. The van der Waals surface area contributed by atoms with Crippen LogP contribution in [0.5, 0.6) is 0 Å². The third-order valence-electron chi connectivity index (χ3n) is 3.85. The molecule has 0 aromatic rings. The summed E-state index contributed by atoms with van der Waals surface area (Å²) in [4.78, 5) is 37.8. The van der Waals surface area contributed by atoms with Crippen molar-refractivity contribution in [2.45, 2.75) is 83.8 Å². The van der Waals surface area contributed by atoms with E-state index in [0.717, 1.165) is 0 Å². The van der Waals surface area contributed by atoms with Gasteiger partial charge in [0, 0.05) is 6.42 Å². The molecule has 0 rings (SSSR count). The molecule has 0 fully saturated rings. The van der Waals surface area contributed by atoms with Crippen LogP contribution in [-0.2, 0) is 23.9 Å². The first-order chi connectivity index (χ1) is 11.8. The van der Waals surface area contributed by atoms with Gasteiger partial charge in [-0.3, -0.25) is 9.59 Å². The maximum Gasteiger partial charge on any atom is 0.351 e. The molecular weight excluding hydrogens is 340 g/mol. The highest BCUT2D eigenvalue weighted by Gasteiger charge is 2.49. The molecule has 0 amide bonds. The lowest BCUT2D eigenvalue weighted by Crippen LogP contribution is -2.53. The molecule has 26 heavy (non-hydrogen) atoms. The minimum atomic E-state index is -1.90. The van der Waals surface area contributed by atoms with E-state index in [0.29, 0.717) is 0 Å². The van der Waals surface area contributed by atoms with Gasteiger partial charge in [-0.1, -0.05) is 0 Å². The van der Waals surface area contributed by atoms with Crippen molar-refractivity contribution < 1.29 is 29.0 Å². The first-order valence-electron chi connectivity index (χ1n) is 8.79. The Balaban J connectivity index is 5.95. The second-order valence-electron chi connectivity index (χ2n) is 7.63. The first kappa shape index (κ1) is 24.5. The number of hydrogen-bond acceptors (Lipinski definition) is 8. The van der Waals surface area contributed by atoms with Crippen molar-refractivity contribution in [3.63, 3.8) is 0 Å². The molecule has 0 aliphatic rings. The molecule has 0 radical (unpaired) electrons. The van der Waals surface area contributed by atoms with Gasteiger partial charge in [0.2, 0.25) is 5.60 Å². The van der Waals surface area contributed by atoms with Crippen molar-refractivity contribution in [3.8, 4) is 0 Å². The Kier molecular flexibility index (Phi) is 9.41. The highest BCUT2D eigenvalue weighted by molar-refractivity contribution is 5.93. The fourth-order valence-corrected chi connectivity index (χ4v) is 2.19. The molecule has 152 valence electrons. The molecule has 0 aliphatic heterocycles. The van der Waals surface area contributed by atoms with Gasteiger partial charge >= 0.3 is 11.9 Å². The van der Waals surface area contributed by atoms with E-state index >= 15 is 0 Å². The van der Waals surface area contributed by atoms with Crippen molar-refractivity contribution in [2.24, 2.45) is 0 Å². The molecule has 0 aliphatic carbocycles. The Bertz CT molecular complexity index is 474. The number of aliphatic hydroxyl groups is 1. The van der Waals surface area contributed by atoms with Gasteiger partial charge in [0.1, 0.15) is 11.6 Å². The van der Waals surface area contributed by atoms with E-state index in [2.05, 4.69) is 10.6 Å². The number of Topliss-reactive ketones (excluding diaryl/α,β-unsaturated/α-hetero) is 1. The van der Waals surface area contributed by atoms with Gasteiger partial charge < -0.3 is 25.2 Å². The molecule has 0 saturated carbocycles. The second-order valence-corrected chi connectivity index (χ2v) is 7.63. The zero-order valence-corrected chi connectivity index (χ0v) is 17.1. The van der Waals surface area contributed by atoms with Gasteiger partial charge in [-0.05, 0) is 55.6 Å². The van der Waals surface area contributed by atoms with Crippen molar-refractivity contribution in [2.75, 3.05) is 14.1 Å². The van der Waals surface area contributed by atoms with Crippen LogP contribution in [0.4, 0.5) is 0 Å². The molecule has 2 unspecified atom stereocenters. The van der Waals surface area contributed by atoms with E-state index < -0.39 is 47.7 Å². The van der Waals surface area contributed by atoms with E-state index in [1.165, 1.54) is 6.92 Å². The topological polar surface area (TPSA) is 114 Å². The van der Waals surface area contributed by atoms with Crippen LogP contribution in [-0.4, -0.2) is 66.3 Å². The van der Waals surface area contributed by atoms with Gasteiger partial charge in [-0.2, -0.15) is 0 Å². The summed E-state index contributed by atoms with van der Waals surface area (Å²) in [6.45, 7) is 9.70. The molecule has 0 spiro atoms. The number of ether oxygens (including phenoxy) is 2. The molecule has 0 aromatic carbocycles. The molecule has 0 saturated heterocycles. The number of likely N-dealkylation sites (N-methyl/N-ethyl adjacent to an activating group) is 2. The number of carbonyl (C=O) groups excluding carboxylic acids is 3. The van der Waals surface area contributed by atoms with Crippen LogP contribution >= 0.6 is 0 Å². The highest BCUT2D eigenvalue weighted by atomic mass is 16.6. The number of ketones is 1. The average molecular weight is 374 g/mol. The molecule has 8 nitrogen and oxygen atoms in total. The Labute approximate surface area is 156 Å². The predicted molar refractivity (Wildman–Crippen MR) is 97.6 cm³/mol. The van der Waals surface area contributed by atoms with Gasteiger partial charge in [0.15, 0.2) is 5.78 Å². The largest absolute Gasteiger partial charge is 0.457 e. The Morgan fingerprint density at radius 1 is 0.962 bits per heavy atom. The zero-order valence-electron chi connectivity index (χ0n) is 17.1. The minimum absolute atomic E-state index is 0.244. The number of esters is 2. The Hall–Kier alpha value is -1.51. The van der Waals surface area contributed by atoms with Gasteiger partial charge in [0.25, 0.3) is 0 Å². The average Bonchev–Trinajstić information content (AvgIpc) is 2.50. The van der Waals surface area contributed by atoms with Gasteiger partial charge in [-0.15, -0.1) is 0 Å². The Morgan fingerprint density at radius 3 is 1.85 bits per heavy atom. The van der Waals surface area contributed by atoms with E-state index in [1.807, 2.05) is 0 Å². The summed E-state index contributed by atoms with van der Waals surface area (Å²) in [6, 6.07) is -1.24. The SMILES string of the molecule is CN[C@@H](C)C(=O)CC(CC(C)O)(OC(=O)[C@H](C)NC)C(=O)OC(C)(C)C. The monoisotopic (exact) mass is 374 g/mol. The normalized spacial score (nSPS) is 17.6. The zero-order chi connectivity index (χ0) is 20.7. The number of carbonyl (C=O) groups is 3. The third-order valence-corrected chi connectivity index (χ3v) is 3.85. The van der Waals surface area contributed by atoms with Crippen LogP contribution in [0.3, 0.4) is 0 Å². The predicted octanol–water partition coefficient (Wildman–Crippen LogP) is 0.556. The van der Waals surface area contributed by atoms with Crippen molar-refractivity contribution >= 4 is 17.7 Å². The van der Waals surface area contributed by atoms with Crippen LogP contribution in [0.15, 0.2) is 0 Å². The fraction of sp³-hybridized carbons (Fsp3) is 0.833. The molecular formula is C18H34N2O6. The maximum atomic E-state index is 12.9. The summed E-state index contributed by atoms with van der Waals surface area (Å²) in [5.74, 6) is -1.88. The Morgan fingerprint density at radius 2 is 1.46 bits per heavy atom. The maximum absolute atomic E-state index is 12.9. The number of aliphatic hydroxyl groups excluding tert-OH is 1. The lowest BCUT2D eigenvalue weighted by molar-refractivity contribution is -0.196. The lowest BCUT2D eigenvalue weighted by atomic mass is 9.88. The van der Waals surface area contributed by atoms with Crippen molar-refractivity contribution in [1.82, 2.24) is 10.6 Å². The number of rotatable bonds is 10. The summed E-state index contributed by atoms with van der Waals surface area (Å²) < 4.78 is 10.9. The van der Waals surface area contributed by atoms with Gasteiger partial charge in [-0.25, -0.2) is 4.79 Å². The fourth-order valence-electron chi connectivity index (χ4n) is 2.19. The molecule has 3 N–H and O–H groups in total. The van der Waals surface area contributed by atoms with Crippen LogP contribution in [0.1, 0.15) is 54.4 Å². The summed E-state index contributed by atoms with van der Waals surface area (Å²) in [6.07, 6.45) is -1.62. The smallest absolute Gasteiger partial charge is 0.351 e. The molecule has 0 heterocycles. The van der Waals surface area contributed by atoms with Crippen LogP contribution < -0.4 is 10.6 Å².